The summed E-state index contributed by atoms with van der Waals surface area (Å²) in [5, 5.41) is 0.694. The molecule has 0 radical (unpaired) electrons. The molecule has 0 heterocycles. The second-order valence-corrected chi connectivity index (χ2v) is 6.76. The predicted octanol–water partition coefficient (Wildman–Crippen LogP) is 3.68. The molecule has 0 spiro atoms. The third-order valence-electron chi connectivity index (χ3n) is 2.73. The van der Waals surface area contributed by atoms with Crippen LogP contribution in [0.5, 0.6) is 0 Å². The lowest BCUT2D eigenvalue weighted by molar-refractivity contribution is 0.600. The van der Waals surface area contributed by atoms with Crippen LogP contribution in [0.3, 0.4) is 0 Å². The summed E-state index contributed by atoms with van der Waals surface area (Å²) >= 11 is 11.7. The van der Waals surface area contributed by atoms with E-state index in [1.54, 1.807) is 19.1 Å². The molecule has 7 heteroatoms. The Kier molecular flexibility index (Phi) is 4.13. The van der Waals surface area contributed by atoms with Crippen molar-refractivity contribution in [3.8, 4) is 0 Å². The average molecular weight is 331 g/mol. The minimum absolute atomic E-state index is 0.119. The largest absolute Gasteiger partial charge is 0.398 e. The summed E-state index contributed by atoms with van der Waals surface area (Å²) in [5.74, 6) is 0. The van der Waals surface area contributed by atoms with Gasteiger partial charge < -0.3 is 5.73 Å². The second-order valence-electron chi connectivity index (χ2n) is 4.23. The third-order valence-corrected chi connectivity index (χ3v) is 4.69. The van der Waals surface area contributed by atoms with Gasteiger partial charge in [-0.3, -0.25) is 4.72 Å². The monoisotopic (exact) mass is 330 g/mol. The summed E-state index contributed by atoms with van der Waals surface area (Å²) in [4.78, 5) is 0.119. The summed E-state index contributed by atoms with van der Waals surface area (Å²) in [6.45, 7) is 1.65. The van der Waals surface area contributed by atoms with E-state index in [4.69, 9.17) is 28.9 Å². The highest BCUT2D eigenvalue weighted by Gasteiger charge is 2.18. The fourth-order valence-electron chi connectivity index (χ4n) is 1.75. The maximum atomic E-state index is 12.3. The molecule has 0 aliphatic carbocycles. The highest BCUT2D eigenvalue weighted by Crippen LogP contribution is 2.26. The van der Waals surface area contributed by atoms with Crippen LogP contribution in [-0.4, -0.2) is 8.42 Å². The lowest BCUT2D eigenvalue weighted by atomic mass is 10.2. The van der Waals surface area contributed by atoms with Gasteiger partial charge in [-0.2, -0.15) is 0 Å². The van der Waals surface area contributed by atoms with Gasteiger partial charge in [0.05, 0.1) is 10.6 Å². The van der Waals surface area contributed by atoms with Gasteiger partial charge in [0.2, 0.25) is 0 Å². The van der Waals surface area contributed by atoms with Gasteiger partial charge >= 0.3 is 0 Å². The van der Waals surface area contributed by atoms with Gasteiger partial charge in [-0.25, -0.2) is 8.42 Å². The van der Waals surface area contributed by atoms with E-state index < -0.39 is 10.0 Å². The molecule has 0 aliphatic heterocycles. The maximum absolute atomic E-state index is 12.3. The minimum Gasteiger partial charge on any atom is -0.398 e. The lowest BCUT2D eigenvalue weighted by Crippen LogP contribution is -2.15. The first kappa shape index (κ1) is 15.0. The molecular formula is C13H12Cl2N2O2S. The van der Waals surface area contributed by atoms with Crippen LogP contribution in [0.4, 0.5) is 11.4 Å². The topological polar surface area (TPSA) is 72.2 Å². The average Bonchev–Trinajstić information content (AvgIpc) is 2.30. The van der Waals surface area contributed by atoms with Crippen molar-refractivity contribution in [3.63, 3.8) is 0 Å². The maximum Gasteiger partial charge on any atom is 0.262 e. The molecule has 0 bridgehead atoms. The fourth-order valence-corrected chi connectivity index (χ4v) is 3.59. The first-order chi connectivity index (χ1) is 9.29. The molecule has 106 valence electrons. The van der Waals surface area contributed by atoms with Gasteiger partial charge in [-0.05, 0) is 42.8 Å². The number of sulfonamides is 1. The number of nitrogens with one attached hydrogen (secondary N) is 1. The highest BCUT2D eigenvalue weighted by molar-refractivity contribution is 7.92. The van der Waals surface area contributed by atoms with Crippen LogP contribution < -0.4 is 10.5 Å². The number of benzene rings is 2. The van der Waals surface area contributed by atoms with E-state index in [1.165, 1.54) is 24.3 Å². The molecule has 3 N–H and O–H groups in total. The van der Waals surface area contributed by atoms with Crippen molar-refractivity contribution in [3.05, 3.63) is 52.0 Å². The van der Waals surface area contributed by atoms with Crippen LogP contribution in [-0.2, 0) is 10.0 Å². The van der Waals surface area contributed by atoms with Crippen LogP contribution in [0.1, 0.15) is 5.56 Å². The Labute approximate surface area is 127 Å². The van der Waals surface area contributed by atoms with Crippen molar-refractivity contribution in [2.75, 3.05) is 10.5 Å². The van der Waals surface area contributed by atoms with E-state index in [2.05, 4.69) is 4.72 Å². The number of nitrogen functional groups attached to an aromatic ring is 1. The number of rotatable bonds is 3. The van der Waals surface area contributed by atoms with Gasteiger partial charge in [0.25, 0.3) is 10.0 Å². The van der Waals surface area contributed by atoms with Crippen molar-refractivity contribution >= 4 is 44.6 Å². The normalized spacial score (nSPS) is 11.3. The standard InChI is InChI=1S/C13H12Cl2N2O2S/c1-8-12(16)3-2-4-13(8)20(18,19)17-11-6-9(14)5-10(15)7-11/h2-7,17H,16H2,1H3. The van der Waals surface area contributed by atoms with Gasteiger partial charge in [0, 0.05) is 15.7 Å². The molecule has 4 nitrogen and oxygen atoms in total. The van der Waals surface area contributed by atoms with E-state index in [9.17, 15) is 8.42 Å². The first-order valence-electron chi connectivity index (χ1n) is 5.63. The minimum atomic E-state index is -3.75. The van der Waals surface area contributed by atoms with Crippen LogP contribution in [0.15, 0.2) is 41.3 Å². The van der Waals surface area contributed by atoms with Crippen LogP contribution in [0.2, 0.25) is 10.0 Å². The summed E-state index contributed by atoms with van der Waals surface area (Å²) in [6.07, 6.45) is 0. The molecule has 20 heavy (non-hydrogen) atoms. The lowest BCUT2D eigenvalue weighted by Gasteiger charge is -2.12. The Hall–Kier alpha value is -1.43. The molecule has 2 rings (SSSR count). The SMILES string of the molecule is Cc1c(N)cccc1S(=O)(=O)Nc1cc(Cl)cc(Cl)c1. The zero-order valence-electron chi connectivity index (χ0n) is 10.5. The van der Waals surface area contributed by atoms with Crippen LogP contribution in [0, 0.1) is 6.92 Å². The molecule has 0 saturated heterocycles. The quantitative estimate of drug-likeness (QED) is 0.843. The molecule has 0 amide bonds. The second kappa shape index (κ2) is 5.52. The Morgan fingerprint density at radius 2 is 1.70 bits per heavy atom. The van der Waals surface area contributed by atoms with Crippen LogP contribution in [0.25, 0.3) is 0 Å². The summed E-state index contributed by atoms with van der Waals surface area (Å²) in [5.41, 5.74) is 6.93. The Balaban J connectivity index is 2.43. The van der Waals surface area contributed by atoms with E-state index >= 15 is 0 Å². The van der Waals surface area contributed by atoms with Crippen molar-refractivity contribution < 1.29 is 8.42 Å². The number of hydrogen-bond acceptors (Lipinski definition) is 3. The molecule has 0 atom stereocenters. The highest BCUT2D eigenvalue weighted by atomic mass is 35.5. The summed E-state index contributed by atoms with van der Waals surface area (Å²) in [7, 11) is -3.75. The van der Waals surface area contributed by atoms with E-state index in [-0.39, 0.29) is 4.90 Å². The summed E-state index contributed by atoms with van der Waals surface area (Å²) < 4.78 is 27.1. The third kappa shape index (κ3) is 3.17. The van der Waals surface area contributed by atoms with Gasteiger partial charge in [-0.1, -0.05) is 29.3 Å². The Bertz CT molecular complexity index is 741. The van der Waals surface area contributed by atoms with Gasteiger partial charge in [-0.15, -0.1) is 0 Å². The Morgan fingerprint density at radius 3 is 2.30 bits per heavy atom. The van der Waals surface area contributed by atoms with Crippen molar-refractivity contribution in [1.82, 2.24) is 0 Å². The number of hydrogen-bond donors (Lipinski definition) is 2. The molecule has 0 aliphatic rings. The molecule has 0 fully saturated rings. The molecule has 2 aromatic carbocycles. The smallest absolute Gasteiger partial charge is 0.262 e. The molecular weight excluding hydrogens is 319 g/mol. The predicted molar refractivity (Wildman–Crippen MR) is 82.9 cm³/mol. The summed E-state index contributed by atoms with van der Waals surface area (Å²) in [6, 6.07) is 9.19. The number of nitrogens with two attached hydrogens (primary N) is 1. The van der Waals surface area contributed by atoms with Gasteiger partial charge in [0.1, 0.15) is 0 Å². The first-order valence-corrected chi connectivity index (χ1v) is 7.87. The molecule has 0 aromatic heterocycles. The van der Waals surface area contributed by atoms with Gasteiger partial charge in [0.15, 0.2) is 0 Å². The van der Waals surface area contributed by atoms with E-state index in [0.717, 1.165) is 0 Å². The van der Waals surface area contributed by atoms with Crippen molar-refractivity contribution in [2.24, 2.45) is 0 Å². The molecule has 0 unspecified atom stereocenters. The van der Waals surface area contributed by atoms with E-state index in [0.29, 0.717) is 27.0 Å². The van der Waals surface area contributed by atoms with Crippen molar-refractivity contribution in [2.45, 2.75) is 11.8 Å². The fraction of sp³-hybridized carbons (Fsp3) is 0.0769. The van der Waals surface area contributed by atoms with E-state index in [1.807, 2.05) is 0 Å². The zero-order valence-corrected chi connectivity index (χ0v) is 12.9. The molecule has 2 aromatic rings. The molecule has 0 saturated carbocycles. The van der Waals surface area contributed by atoms with Crippen molar-refractivity contribution in [1.29, 1.82) is 0 Å². The Morgan fingerprint density at radius 1 is 1.10 bits per heavy atom. The number of halogens is 2. The zero-order chi connectivity index (χ0) is 14.9. The van der Waals surface area contributed by atoms with Crippen LogP contribution >= 0.6 is 23.2 Å². The number of anilines is 2.